The van der Waals surface area contributed by atoms with Crippen molar-refractivity contribution in [3.05, 3.63) is 78.5 Å². The Kier molecular flexibility index (Phi) is 4.97. The zero-order chi connectivity index (χ0) is 19.5. The number of nitrogens with one attached hydrogen (secondary N) is 1. The third kappa shape index (κ3) is 4.00. The van der Waals surface area contributed by atoms with E-state index in [4.69, 9.17) is 0 Å². The summed E-state index contributed by atoms with van der Waals surface area (Å²) < 4.78 is 0. The Morgan fingerprint density at radius 3 is 2.48 bits per heavy atom. The molecule has 5 rings (SSSR count). The fourth-order valence-electron chi connectivity index (χ4n) is 3.99. The van der Waals surface area contributed by atoms with Gasteiger partial charge >= 0.3 is 0 Å². The van der Waals surface area contributed by atoms with E-state index in [0.29, 0.717) is 0 Å². The molecule has 2 aromatic carbocycles. The van der Waals surface area contributed by atoms with E-state index < -0.39 is 0 Å². The van der Waals surface area contributed by atoms with Crippen molar-refractivity contribution in [3.8, 4) is 11.5 Å². The number of fused-ring (bicyclic) bond motifs is 1. The van der Waals surface area contributed by atoms with Crippen LogP contribution in [-0.2, 0) is 6.42 Å². The van der Waals surface area contributed by atoms with Gasteiger partial charge in [-0.1, -0.05) is 30.3 Å². The van der Waals surface area contributed by atoms with E-state index in [1.165, 1.54) is 11.3 Å². The number of H-pyrrole nitrogens is 1. The van der Waals surface area contributed by atoms with Crippen molar-refractivity contribution >= 4 is 16.7 Å². The number of rotatable bonds is 5. The minimum Gasteiger partial charge on any atom is -0.369 e. The first-order chi connectivity index (χ1) is 14.3. The Morgan fingerprint density at radius 2 is 1.69 bits per heavy atom. The molecule has 0 radical (unpaired) electrons. The molecular formula is C24H25N5. The second-order valence-corrected chi connectivity index (χ2v) is 7.57. The molecule has 1 aliphatic rings. The van der Waals surface area contributed by atoms with E-state index in [9.17, 15) is 0 Å². The third-order valence-electron chi connectivity index (χ3n) is 5.66. The smallest absolute Gasteiger partial charge is 0.157 e. The summed E-state index contributed by atoms with van der Waals surface area (Å²) in [6, 6.07) is 23.1. The third-order valence-corrected chi connectivity index (χ3v) is 5.66. The number of pyridine rings is 1. The number of piperazine rings is 1. The van der Waals surface area contributed by atoms with Crippen molar-refractivity contribution in [3.63, 3.8) is 0 Å². The van der Waals surface area contributed by atoms with E-state index in [-0.39, 0.29) is 0 Å². The summed E-state index contributed by atoms with van der Waals surface area (Å²) >= 11 is 0. The number of nitrogens with zero attached hydrogens (tertiary/aromatic N) is 4. The summed E-state index contributed by atoms with van der Waals surface area (Å²) in [5.41, 5.74) is 5.63. The molecule has 1 aliphatic heterocycles. The van der Waals surface area contributed by atoms with Crippen molar-refractivity contribution in [2.45, 2.75) is 6.42 Å². The van der Waals surface area contributed by atoms with Gasteiger partial charge in [-0.3, -0.25) is 9.88 Å². The minimum absolute atomic E-state index is 0.829. The van der Waals surface area contributed by atoms with Gasteiger partial charge in [0, 0.05) is 44.6 Å². The molecule has 3 heterocycles. The predicted octanol–water partition coefficient (Wildman–Crippen LogP) is 3.99. The van der Waals surface area contributed by atoms with Gasteiger partial charge in [-0.25, -0.2) is 4.98 Å². The summed E-state index contributed by atoms with van der Waals surface area (Å²) in [6.07, 6.45) is 2.85. The van der Waals surface area contributed by atoms with Gasteiger partial charge in [0.15, 0.2) is 5.82 Å². The maximum absolute atomic E-state index is 4.68. The van der Waals surface area contributed by atoms with Gasteiger partial charge in [-0.15, -0.1) is 0 Å². The van der Waals surface area contributed by atoms with Gasteiger partial charge in [-0.05, 0) is 48.4 Å². The Labute approximate surface area is 171 Å². The van der Waals surface area contributed by atoms with E-state index in [1.807, 2.05) is 18.2 Å². The van der Waals surface area contributed by atoms with Gasteiger partial charge in [0.2, 0.25) is 0 Å². The molecule has 4 aromatic rings. The molecule has 0 bridgehead atoms. The molecule has 29 heavy (non-hydrogen) atoms. The van der Waals surface area contributed by atoms with Crippen LogP contribution in [0.5, 0.6) is 0 Å². The average Bonchev–Trinajstić information content (AvgIpc) is 3.23. The van der Waals surface area contributed by atoms with Crippen LogP contribution in [0.3, 0.4) is 0 Å². The van der Waals surface area contributed by atoms with Crippen molar-refractivity contribution < 1.29 is 0 Å². The van der Waals surface area contributed by atoms with Gasteiger partial charge in [-0.2, -0.15) is 0 Å². The number of anilines is 1. The Balaban J connectivity index is 1.20. The van der Waals surface area contributed by atoms with Crippen LogP contribution in [0.15, 0.2) is 72.9 Å². The number of para-hydroxylation sites is 1. The number of hydrogen-bond acceptors (Lipinski definition) is 4. The molecule has 0 atom stereocenters. The van der Waals surface area contributed by atoms with Crippen LogP contribution in [0, 0.1) is 0 Å². The molecule has 1 N–H and O–H groups in total. The van der Waals surface area contributed by atoms with Gasteiger partial charge < -0.3 is 9.88 Å². The van der Waals surface area contributed by atoms with Crippen LogP contribution in [0.25, 0.3) is 22.6 Å². The summed E-state index contributed by atoms with van der Waals surface area (Å²) in [6.45, 7) is 5.51. The molecule has 0 aliphatic carbocycles. The van der Waals surface area contributed by atoms with Gasteiger partial charge in [0.05, 0.1) is 11.0 Å². The largest absolute Gasteiger partial charge is 0.369 e. The molecule has 1 fully saturated rings. The van der Waals surface area contributed by atoms with Gasteiger partial charge in [0.25, 0.3) is 0 Å². The summed E-state index contributed by atoms with van der Waals surface area (Å²) in [4.78, 5) is 17.5. The van der Waals surface area contributed by atoms with E-state index >= 15 is 0 Å². The molecule has 146 valence electrons. The maximum atomic E-state index is 4.68. The molecule has 0 unspecified atom stereocenters. The number of aromatic nitrogens is 3. The van der Waals surface area contributed by atoms with E-state index in [2.05, 4.69) is 73.3 Å². The zero-order valence-electron chi connectivity index (χ0n) is 16.5. The second kappa shape index (κ2) is 8.05. The van der Waals surface area contributed by atoms with Crippen molar-refractivity contribution in [2.24, 2.45) is 0 Å². The van der Waals surface area contributed by atoms with Gasteiger partial charge in [0.1, 0.15) is 5.69 Å². The van der Waals surface area contributed by atoms with Crippen molar-refractivity contribution in [1.29, 1.82) is 0 Å². The highest BCUT2D eigenvalue weighted by atomic mass is 15.3. The number of benzene rings is 2. The molecular weight excluding hydrogens is 358 g/mol. The van der Waals surface area contributed by atoms with Crippen LogP contribution < -0.4 is 4.90 Å². The highest BCUT2D eigenvalue weighted by Gasteiger charge is 2.17. The first-order valence-electron chi connectivity index (χ1n) is 10.3. The lowest BCUT2D eigenvalue weighted by Gasteiger charge is -2.36. The Hall–Kier alpha value is -3.18. The SMILES string of the molecule is c1ccc(N2CCN(CCc3ccc4nc(-c5ccccn5)[nH]c4c3)CC2)cc1. The number of imidazole rings is 1. The highest BCUT2D eigenvalue weighted by Crippen LogP contribution is 2.20. The van der Waals surface area contributed by atoms with Crippen LogP contribution in [0.1, 0.15) is 5.56 Å². The minimum atomic E-state index is 0.829. The lowest BCUT2D eigenvalue weighted by Crippen LogP contribution is -2.46. The fourth-order valence-corrected chi connectivity index (χ4v) is 3.99. The van der Waals surface area contributed by atoms with E-state index in [0.717, 1.165) is 61.7 Å². The van der Waals surface area contributed by atoms with Crippen LogP contribution >= 0.6 is 0 Å². The molecule has 5 heteroatoms. The topological polar surface area (TPSA) is 48.1 Å². The lowest BCUT2D eigenvalue weighted by atomic mass is 10.1. The van der Waals surface area contributed by atoms with Crippen LogP contribution in [0.4, 0.5) is 5.69 Å². The fraction of sp³-hybridized carbons (Fsp3) is 0.250. The lowest BCUT2D eigenvalue weighted by molar-refractivity contribution is 0.261. The van der Waals surface area contributed by atoms with Crippen molar-refractivity contribution in [1.82, 2.24) is 19.9 Å². The molecule has 0 saturated carbocycles. The standard InChI is InChI=1S/C24H25N5/c1-2-6-20(7-3-1)29-16-14-28(15-17-29)13-11-19-9-10-21-23(18-19)27-24(26-21)22-8-4-5-12-25-22/h1-10,12,18H,11,13-17H2,(H,26,27). The van der Waals surface area contributed by atoms with Crippen LogP contribution in [-0.4, -0.2) is 52.6 Å². The molecule has 0 spiro atoms. The Morgan fingerprint density at radius 1 is 0.862 bits per heavy atom. The first-order valence-corrected chi connectivity index (χ1v) is 10.3. The monoisotopic (exact) mass is 383 g/mol. The normalized spacial score (nSPS) is 15.1. The number of hydrogen-bond donors (Lipinski definition) is 1. The zero-order valence-corrected chi connectivity index (χ0v) is 16.5. The van der Waals surface area contributed by atoms with Crippen molar-refractivity contribution in [2.75, 3.05) is 37.6 Å². The summed E-state index contributed by atoms with van der Waals surface area (Å²) in [5, 5.41) is 0. The van der Waals surface area contributed by atoms with Crippen LogP contribution in [0.2, 0.25) is 0 Å². The molecule has 1 saturated heterocycles. The molecule has 2 aromatic heterocycles. The predicted molar refractivity (Wildman–Crippen MR) is 118 cm³/mol. The summed E-state index contributed by atoms with van der Waals surface area (Å²) in [7, 11) is 0. The average molecular weight is 383 g/mol. The quantitative estimate of drug-likeness (QED) is 0.566. The number of aromatic amines is 1. The molecule has 0 amide bonds. The molecule has 5 nitrogen and oxygen atoms in total. The maximum Gasteiger partial charge on any atom is 0.157 e. The Bertz CT molecular complexity index is 1070. The second-order valence-electron chi connectivity index (χ2n) is 7.57. The van der Waals surface area contributed by atoms with E-state index in [1.54, 1.807) is 6.20 Å². The highest BCUT2D eigenvalue weighted by molar-refractivity contribution is 5.79. The first kappa shape index (κ1) is 17.9. The summed E-state index contributed by atoms with van der Waals surface area (Å²) in [5.74, 6) is 0.829.